The van der Waals surface area contributed by atoms with Crippen LogP contribution in [-0.2, 0) is 14.3 Å². The highest BCUT2D eigenvalue weighted by atomic mass is 19.1. The van der Waals surface area contributed by atoms with E-state index in [1.54, 1.807) is 30.0 Å². The molecule has 0 unspecified atom stereocenters. The van der Waals surface area contributed by atoms with Crippen molar-refractivity contribution < 1.29 is 18.7 Å². The molecule has 0 saturated heterocycles. The van der Waals surface area contributed by atoms with E-state index >= 15 is 0 Å². The molecular weight excluding hydrogens is 345 g/mol. The van der Waals surface area contributed by atoms with Crippen LogP contribution < -0.4 is 0 Å². The average molecular weight is 369 g/mol. The average Bonchev–Trinajstić information content (AvgIpc) is 2.92. The van der Waals surface area contributed by atoms with Gasteiger partial charge < -0.3 is 9.64 Å². The van der Waals surface area contributed by atoms with Gasteiger partial charge in [0.1, 0.15) is 5.82 Å². The van der Waals surface area contributed by atoms with Crippen molar-refractivity contribution in [3.8, 4) is 0 Å². The highest BCUT2D eigenvalue weighted by molar-refractivity contribution is 6.16. The molecule has 2 aliphatic rings. The van der Waals surface area contributed by atoms with Crippen LogP contribution in [0.5, 0.6) is 0 Å². The van der Waals surface area contributed by atoms with E-state index in [2.05, 4.69) is 6.08 Å². The van der Waals surface area contributed by atoms with Crippen LogP contribution in [0.1, 0.15) is 44.6 Å². The largest absolute Gasteiger partial charge is 0.465 e. The molecule has 4 nitrogen and oxygen atoms in total. The van der Waals surface area contributed by atoms with Gasteiger partial charge in [-0.15, -0.1) is 0 Å². The summed E-state index contributed by atoms with van der Waals surface area (Å²) in [5.74, 6) is -1.30. The minimum Gasteiger partial charge on any atom is -0.465 e. The Morgan fingerprint density at radius 1 is 1.30 bits per heavy atom. The quantitative estimate of drug-likeness (QED) is 0.439. The van der Waals surface area contributed by atoms with E-state index in [9.17, 15) is 14.0 Å². The van der Waals surface area contributed by atoms with Gasteiger partial charge in [0, 0.05) is 17.8 Å². The topological polar surface area (TPSA) is 46.6 Å². The SMILES string of the molecule is COC(=O)C1=C(C)N(CCC2=CCCCC2)C(=O)C1=Cc1ccccc1F. The van der Waals surface area contributed by atoms with Gasteiger partial charge in [-0.05, 0) is 51.2 Å². The Kier molecular flexibility index (Phi) is 5.89. The number of allylic oxidation sites excluding steroid dienone is 2. The third-order valence-corrected chi connectivity index (χ3v) is 5.15. The number of halogens is 1. The number of amides is 1. The van der Waals surface area contributed by atoms with Gasteiger partial charge in [0.2, 0.25) is 0 Å². The predicted molar refractivity (Wildman–Crippen MR) is 102 cm³/mol. The summed E-state index contributed by atoms with van der Waals surface area (Å²) in [6, 6.07) is 6.18. The molecule has 1 aliphatic carbocycles. The first-order valence-electron chi connectivity index (χ1n) is 9.28. The molecule has 1 aromatic carbocycles. The van der Waals surface area contributed by atoms with Gasteiger partial charge in [-0.2, -0.15) is 0 Å². The summed E-state index contributed by atoms with van der Waals surface area (Å²) < 4.78 is 18.9. The van der Waals surface area contributed by atoms with E-state index < -0.39 is 11.8 Å². The highest BCUT2D eigenvalue weighted by Gasteiger charge is 2.36. The molecule has 0 bridgehead atoms. The van der Waals surface area contributed by atoms with Crippen molar-refractivity contribution in [2.75, 3.05) is 13.7 Å². The van der Waals surface area contributed by atoms with Crippen LogP contribution in [-0.4, -0.2) is 30.4 Å². The molecule has 0 atom stereocenters. The number of nitrogens with zero attached hydrogens (tertiary/aromatic N) is 1. The van der Waals surface area contributed by atoms with Crippen molar-refractivity contribution in [3.63, 3.8) is 0 Å². The zero-order chi connectivity index (χ0) is 19.4. The number of rotatable bonds is 5. The lowest BCUT2D eigenvalue weighted by atomic mass is 9.97. The number of hydrogen-bond acceptors (Lipinski definition) is 3. The first-order chi connectivity index (χ1) is 13.0. The van der Waals surface area contributed by atoms with Crippen LogP contribution in [0.25, 0.3) is 6.08 Å². The second kappa shape index (κ2) is 8.33. The van der Waals surface area contributed by atoms with E-state index in [-0.39, 0.29) is 22.6 Å². The minimum atomic E-state index is -0.581. The van der Waals surface area contributed by atoms with E-state index in [0.717, 1.165) is 19.3 Å². The highest BCUT2D eigenvalue weighted by Crippen LogP contribution is 2.33. The number of benzene rings is 1. The van der Waals surface area contributed by atoms with E-state index in [0.29, 0.717) is 12.2 Å². The first-order valence-corrected chi connectivity index (χ1v) is 9.28. The van der Waals surface area contributed by atoms with Crippen LogP contribution in [0.2, 0.25) is 0 Å². The van der Waals surface area contributed by atoms with Gasteiger partial charge in [0.05, 0.1) is 18.3 Å². The van der Waals surface area contributed by atoms with Gasteiger partial charge in [0.25, 0.3) is 5.91 Å². The smallest absolute Gasteiger partial charge is 0.340 e. The number of ether oxygens (including phenoxy) is 1. The van der Waals surface area contributed by atoms with Crippen LogP contribution in [0.3, 0.4) is 0 Å². The lowest BCUT2D eigenvalue weighted by Crippen LogP contribution is -2.26. The molecule has 1 aromatic rings. The molecule has 0 spiro atoms. The number of methoxy groups -OCH3 is 1. The lowest BCUT2D eigenvalue weighted by Gasteiger charge is -2.20. The standard InChI is InChI=1S/C22H24FNO3/c1-15-20(22(26)27-2)18(14-17-10-6-7-11-19(17)23)21(25)24(15)13-12-16-8-4-3-5-9-16/h6-8,10-11,14H,3-5,9,12-13H2,1-2H3. The summed E-state index contributed by atoms with van der Waals surface area (Å²) in [4.78, 5) is 26.9. The Balaban J connectivity index is 1.91. The minimum absolute atomic E-state index is 0.182. The maximum absolute atomic E-state index is 14.1. The Bertz CT molecular complexity index is 851. The molecule has 27 heavy (non-hydrogen) atoms. The summed E-state index contributed by atoms with van der Waals surface area (Å²) in [7, 11) is 1.28. The normalized spacial score (nSPS) is 18.9. The molecule has 1 heterocycles. The van der Waals surface area contributed by atoms with E-state index in [4.69, 9.17) is 4.74 Å². The van der Waals surface area contributed by atoms with Gasteiger partial charge >= 0.3 is 5.97 Å². The lowest BCUT2D eigenvalue weighted by molar-refractivity contribution is -0.136. The summed E-state index contributed by atoms with van der Waals surface area (Å²) in [6.45, 7) is 2.24. The number of hydrogen-bond donors (Lipinski definition) is 0. The van der Waals surface area contributed by atoms with Gasteiger partial charge in [-0.25, -0.2) is 9.18 Å². The van der Waals surface area contributed by atoms with Crippen LogP contribution >= 0.6 is 0 Å². The Morgan fingerprint density at radius 2 is 2.07 bits per heavy atom. The van der Waals surface area contributed by atoms with E-state index in [1.807, 2.05) is 0 Å². The second-order valence-electron chi connectivity index (χ2n) is 6.85. The molecule has 0 radical (unpaired) electrons. The van der Waals surface area contributed by atoms with Crippen molar-refractivity contribution >= 4 is 18.0 Å². The van der Waals surface area contributed by atoms with Crippen molar-refractivity contribution in [1.82, 2.24) is 4.90 Å². The number of carbonyl (C=O) groups excluding carboxylic acids is 2. The van der Waals surface area contributed by atoms with Crippen molar-refractivity contribution in [2.45, 2.75) is 39.0 Å². The second-order valence-corrected chi connectivity index (χ2v) is 6.85. The first kappa shape index (κ1) is 19.1. The predicted octanol–water partition coefficient (Wildman–Crippen LogP) is 4.39. The molecule has 3 rings (SSSR count). The third-order valence-electron chi connectivity index (χ3n) is 5.15. The van der Waals surface area contributed by atoms with Crippen LogP contribution in [0, 0.1) is 5.82 Å². The zero-order valence-corrected chi connectivity index (χ0v) is 15.8. The molecule has 0 aromatic heterocycles. The van der Waals surface area contributed by atoms with Gasteiger partial charge in [0.15, 0.2) is 0 Å². The molecular formula is C22H24FNO3. The molecule has 0 N–H and O–H groups in total. The third kappa shape index (κ3) is 4.02. The molecule has 1 amide bonds. The zero-order valence-electron chi connectivity index (χ0n) is 15.8. The monoisotopic (exact) mass is 369 g/mol. The van der Waals surface area contributed by atoms with E-state index in [1.165, 1.54) is 37.7 Å². The summed E-state index contributed by atoms with van der Waals surface area (Å²) in [5, 5.41) is 0. The molecule has 1 aliphatic heterocycles. The van der Waals surface area contributed by atoms with Crippen molar-refractivity contribution in [2.24, 2.45) is 0 Å². The molecule has 5 heteroatoms. The maximum atomic E-state index is 14.1. The summed E-state index contributed by atoms with van der Waals surface area (Å²) in [5.41, 5.74) is 2.58. The van der Waals surface area contributed by atoms with Crippen LogP contribution in [0.4, 0.5) is 4.39 Å². The van der Waals surface area contributed by atoms with Gasteiger partial charge in [-0.1, -0.05) is 29.8 Å². The van der Waals surface area contributed by atoms with Crippen LogP contribution in [0.15, 0.2) is 52.8 Å². The Hall–Kier alpha value is -2.69. The Morgan fingerprint density at radius 3 is 2.74 bits per heavy atom. The fourth-order valence-electron chi connectivity index (χ4n) is 3.63. The Labute approximate surface area is 159 Å². The fourth-order valence-corrected chi connectivity index (χ4v) is 3.63. The van der Waals surface area contributed by atoms with Crippen molar-refractivity contribution in [1.29, 1.82) is 0 Å². The number of esters is 1. The summed E-state index contributed by atoms with van der Waals surface area (Å²) in [6.07, 6.45) is 9.02. The van der Waals surface area contributed by atoms with Crippen molar-refractivity contribution in [3.05, 3.63) is 64.1 Å². The van der Waals surface area contributed by atoms with Gasteiger partial charge in [-0.3, -0.25) is 4.79 Å². The molecule has 0 fully saturated rings. The maximum Gasteiger partial charge on any atom is 0.340 e. The number of carbonyl (C=O) groups is 2. The molecule has 142 valence electrons. The summed E-state index contributed by atoms with van der Waals surface area (Å²) >= 11 is 0. The fraction of sp³-hybridized carbons (Fsp3) is 0.364. The molecule has 0 saturated carbocycles.